The predicted molar refractivity (Wildman–Crippen MR) is 95.8 cm³/mol. The minimum absolute atomic E-state index is 0.0754. The molecule has 1 saturated carbocycles. The van der Waals surface area contributed by atoms with Gasteiger partial charge >= 0.3 is 0 Å². The summed E-state index contributed by atoms with van der Waals surface area (Å²) in [6.07, 6.45) is 2.67. The maximum Gasteiger partial charge on any atom is 0.260 e. The molecule has 2 heterocycles. The highest BCUT2D eigenvalue weighted by Gasteiger charge is 2.43. The Morgan fingerprint density at radius 1 is 1.20 bits per heavy atom. The summed E-state index contributed by atoms with van der Waals surface area (Å²) in [7, 11) is 0. The first kappa shape index (κ1) is 16.9. The standard InChI is InChI=1S/C20H28N2O3/c1-14-3-6-18(9-15(14)2)25-13-20(23)21-7-8-22-17(10-21)11-24-12-19(22)16-4-5-16/h3,6,9,16-17,19H,4-5,7-8,10-13H2,1-2H3/t17-,19-/m1/s1. The van der Waals surface area contributed by atoms with Crippen molar-refractivity contribution in [3.05, 3.63) is 29.3 Å². The molecule has 0 bridgehead atoms. The number of carbonyl (C=O) groups excluding carboxylic acids is 1. The average molecular weight is 344 g/mol. The van der Waals surface area contributed by atoms with Crippen LogP contribution in [-0.2, 0) is 9.53 Å². The van der Waals surface area contributed by atoms with Crippen molar-refractivity contribution in [2.24, 2.45) is 5.92 Å². The van der Waals surface area contributed by atoms with Gasteiger partial charge in [-0.2, -0.15) is 0 Å². The van der Waals surface area contributed by atoms with Crippen molar-refractivity contribution >= 4 is 5.91 Å². The summed E-state index contributed by atoms with van der Waals surface area (Å²) in [5, 5.41) is 0. The van der Waals surface area contributed by atoms with Gasteiger partial charge in [0.15, 0.2) is 6.61 Å². The molecule has 2 aliphatic heterocycles. The highest BCUT2D eigenvalue weighted by molar-refractivity contribution is 5.78. The molecule has 3 aliphatic rings. The van der Waals surface area contributed by atoms with Crippen LogP contribution in [0.5, 0.6) is 5.75 Å². The van der Waals surface area contributed by atoms with Gasteiger partial charge in [0.05, 0.1) is 19.3 Å². The van der Waals surface area contributed by atoms with Crippen LogP contribution < -0.4 is 4.74 Å². The molecule has 25 heavy (non-hydrogen) atoms. The van der Waals surface area contributed by atoms with Crippen LogP contribution in [0.15, 0.2) is 18.2 Å². The Labute approximate surface area is 149 Å². The largest absolute Gasteiger partial charge is 0.484 e. The molecule has 0 aromatic heterocycles. The summed E-state index contributed by atoms with van der Waals surface area (Å²) in [6, 6.07) is 6.88. The predicted octanol–water partition coefficient (Wildman–Crippen LogP) is 2.00. The van der Waals surface area contributed by atoms with Gasteiger partial charge < -0.3 is 14.4 Å². The fraction of sp³-hybridized carbons (Fsp3) is 0.650. The number of ether oxygens (including phenoxy) is 2. The highest BCUT2D eigenvalue weighted by atomic mass is 16.5. The van der Waals surface area contributed by atoms with Crippen molar-refractivity contribution in [3.8, 4) is 5.75 Å². The molecule has 2 saturated heterocycles. The molecule has 0 unspecified atom stereocenters. The van der Waals surface area contributed by atoms with Crippen molar-refractivity contribution in [3.63, 3.8) is 0 Å². The quantitative estimate of drug-likeness (QED) is 0.838. The van der Waals surface area contributed by atoms with E-state index >= 15 is 0 Å². The Hall–Kier alpha value is -1.59. The fourth-order valence-electron chi connectivity index (χ4n) is 4.03. The van der Waals surface area contributed by atoms with Crippen LogP contribution in [0, 0.1) is 19.8 Å². The van der Waals surface area contributed by atoms with E-state index < -0.39 is 0 Å². The van der Waals surface area contributed by atoms with Crippen molar-refractivity contribution in [1.82, 2.24) is 9.80 Å². The number of rotatable bonds is 4. The van der Waals surface area contributed by atoms with Gasteiger partial charge in [0.2, 0.25) is 0 Å². The van der Waals surface area contributed by atoms with Crippen LogP contribution in [0.4, 0.5) is 0 Å². The highest BCUT2D eigenvalue weighted by Crippen LogP contribution is 2.38. The van der Waals surface area contributed by atoms with Crippen molar-refractivity contribution in [2.45, 2.75) is 38.8 Å². The molecule has 136 valence electrons. The molecule has 3 fully saturated rings. The molecular weight excluding hydrogens is 316 g/mol. The maximum atomic E-state index is 12.6. The number of aryl methyl sites for hydroxylation is 2. The Bertz CT molecular complexity index is 644. The molecule has 0 N–H and O–H groups in total. The Morgan fingerprint density at radius 3 is 2.80 bits per heavy atom. The van der Waals surface area contributed by atoms with Gasteiger partial charge in [0.1, 0.15) is 5.75 Å². The summed E-state index contributed by atoms with van der Waals surface area (Å²) in [5.74, 6) is 1.66. The van der Waals surface area contributed by atoms with Gasteiger partial charge in [-0.3, -0.25) is 9.69 Å². The van der Waals surface area contributed by atoms with Gasteiger partial charge in [-0.15, -0.1) is 0 Å². The van der Waals surface area contributed by atoms with Crippen LogP contribution in [0.2, 0.25) is 0 Å². The zero-order chi connectivity index (χ0) is 17.4. The lowest BCUT2D eigenvalue weighted by Gasteiger charge is -2.48. The molecule has 1 aliphatic carbocycles. The molecule has 0 radical (unpaired) electrons. The van der Waals surface area contributed by atoms with Crippen LogP contribution >= 0.6 is 0 Å². The van der Waals surface area contributed by atoms with E-state index in [0.717, 1.165) is 44.5 Å². The van der Waals surface area contributed by atoms with E-state index in [0.29, 0.717) is 12.1 Å². The maximum absolute atomic E-state index is 12.6. The lowest BCUT2D eigenvalue weighted by Crippen LogP contribution is -2.63. The van der Waals surface area contributed by atoms with Gasteiger partial charge in [-0.25, -0.2) is 0 Å². The van der Waals surface area contributed by atoms with Crippen LogP contribution in [0.1, 0.15) is 24.0 Å². The molecule has 0 spiro atoms. The molecule has 1 aromatic carbocycles. The molecular formula is C20H28N2O3. The molecule has 2 atom stereocenters. The van der Waals surface area contributed by atoms with Crippen LogP contribution in [0.25, 0.3) is 0 Å². The van der Waals surface area contributed by atoms with Crippen LogP contribution in [-0.4, -0.2) is 67.2 Å². The smallest absolute Gasteiger partial charge is 0.260 e. The summed E-state index contributed by atoms with van der Waals surface area (Å²) in [6.45, 7) is 8.38. The Kier molecular flexibility index (Phi) is 4.69. The van der Waals surface area contributed by atoms with Crippen molar-refractivity contribution in [1.29, 1.82) is 0 Å². The number of nitrogens with zero attached hydrogens (tertiary/aromatic N) is 2. The number of hydrogen-bond acceptors (Lipinski definition) is 4. The van der Waals surface area contributed by atoms with E-state index in [4.69, 9.17) is 9.47 Å². The zero-order valence-corrected chi connectivity index (χ0v) is 15.2. The normalized spacial score (nSPS) is 27.0. The number of amides is 1. The van der Waals surface area contributed by atoms with Gasteiger partial charge in [0.25, 0.3) is 5.91 Å². The average Bonchev–Trinajstić information content (AvgIpc) is 3.46. The summed E-state index contributed by atoms with van der Waals surface area (Å²) < 4.78 is 11.5. The number of hydrogen-bond donors (Lipinski definition) is 0. The van der Waals surface area contributed by atoms with Gasteiger partial charge in [-0.05, 0) is 55.9 Å². The van der Waals surface area contributed by atoms with Gasteiger partial charge in [0, 0.05) is 25.7 Å². The third kappa shape index (κ3) is 3.67. The van der Waals surface area contributed by atoms with Crippen LogP contribution in [0.3, 0.4) is 0 Å². The minimum Gasteiger partial charge on any atom is -0.484 e. The monoisotopic (exact) mass is 344 g/mol. The SMILES string of the molecule is Cc1ccc(OCC(=O)N2CCN3[C@@H](COC[C@@H]3C3CC3)C2)cc1C. The van der Waals surface area contributed by atoms with Gasteiger partial charge in [-0.1, -0.05) is 6.07 Å². The fourth-order valence-corrected chi connectivity index (χ4v) is 4.03. The van der Waals surface area contributed by atoms with Crippen molar-refractivity contribution in [2.75, 3.05) is 39.5 Å². The second-order valence-electron chi connectivity index (χ2n) is 7.71. The van der Waals surface area contributed by atoms with E-state index in [2.05, 4.69) is 18.7 Å². The van der Waals surface area contributed by atoms with E-state index in [1.54, 1.807) is 0 Å². The minimum atomic E-state index is 0.0754. The molecule has 1 aromatic rings. The van der Waals surface area contributed by atoms with E-state index in [1.165, 1.54) is 24.0 Å². The van der Waals surface area contributed by atoms with Crippen molar-refractivity contribution < 1.29 is 14.3 Å². The first-order valence-corrected chi connectivity index (χ1v) is 9.43. The molecule has 1 amide bonds. The lowest BCUT2D eigenvalue weighted by atomic mass is 10.0. The summed E-state index contributed by atoms with van der Waals surface area (Å²) >= 11 is 0. The Morgan fingerprint density at radius 2 is 2.04 bits per heavy atom. The second-order valence-corrected chi connectivity index (χ2v) is 7.71. The third-order valence-electron chi connectivity index (χ3n) is 5.91. The van der Waals surface area contributed by atoms with E-state index in [1.807, 2.05) is 23.1 Å². The number of carbonyl (C=O) groups is 1. The Balaban J connectivity index is 1.31. The topological polar surface area (TPSA) is 42.0 Å². The number of morpholine rings is 1. The lowest BCUT2D eigenvalue weighted by molar-refractivity contribution is -0.142. The number of piperazine rings is 1. The number of benzene rings is 1. The van der Waals surface area contributed by atoms with E-state index in [9.17, 15) is 4.79 Å². The first-order valence-electron chi connectivity index (χ1n) is 9.43. The first-order chi connectivity index (χ1) is 12.1. The molecule has 5 heteroatoms. The number of fused-ring (bicyclic) bond motifs is 1. The summed E-state index contributed by atoms with van der Waals surface area (Å²) in [5.41, 5.74) is 2.42. The molecule has 5 nitrogen and oxygen atoms in total. The van der Waals surface area contributed by atoms with E-state index in [-0.39, 0.29) is 12.5 Å². The molecule has 4 rings (SSSR count). The zero-order valence-electron chi connectivity index (χ0n) is 15.2. The second kappa shape index (κ2) is 6.96. The third-order valence-corrected chi connectivity index (χ3v) is 5.91. The summed E-state index contributed by atoms with van der Waals surface area (Å²) in [4.78, 5) is 17.1.